The van der Waals surface area contributed by atoms with E-state index in [4.69, 9.17) is 9.84 Å². The number of rotatable bonds is 6. The fourth-order valence-corrected chi connectivity index (χ4v) is 3.16. The molecule has 8 heteroatoms. The number of carboxylic acids is 1. The second-order valence-corrected chi connectivity index (χ2v) is 7.15. The lowest BCUT2D eigenvalue weighted by atomic mass is 10.1. The molecule has 0 bridgehead atoms. The summed E-state index contributed by atoms with van der Waals surface area (Å²) in [6, 6.07) is 4.58. The summed E-state index contributed by atoms with van der Waals surface area (Å²) < 4.78 is 31.8. The minimum Gasteiger partial charge on any atom is -0.496 e. The number of carbonyl (C=O) groups is 1. The van der Waals surface area contributed by atoms with Crippen LogP contribution in [0.2, 0.25) is 0 Å². The van der Waals surface area contributed by atoms with Crippen LogP contribution >= 0.6 is 15.9 Å². The van der Waals surface area contributed by atoms with Gasteiger partial charge in [0.25, 0.3) is 0 Å². The van der Waals surface area contributed by atoms with Gasteiger partial charge in [0.2, 0.25) is 10.0 Å². The van der Waals surface area contributed by atoms with E-state index in [1.165, 1.54) is 7.11 Å². The number of nitrogens with one attached hydrogen (secondary N) is 1. The Morgan fingerprint density at radius 3 is 2.45 bits per heavy atom. The molecule has 20 heavy (non-hydrogen) atoms. The van der Waals surface area contributed by atoms with Gasteiger partial charge in [-0.2, -0.15) is 0 Å². The Morgan fingerprint density at radius 1 is 1.40 bits per heavy atom. The van der Waals surface area contributed by atoms with Gasteiger partial charge in [0.1, 0.15) is 5.75 Å². The van der Waals surface area contributed by atoms with Crippen LogP contribution < -0.4 is 9.46 Å². The first-order chi connectivity index (χ1) is 9.19. The second-order valence-electron chi connectivity index (χ2n) is 4.26. The summed E-state index contributed by atoms with van der Waals surface area (Å²) in [6.45, 7) is 2.77. The molecule has 2 atom stereocenters. The van der Waals surface area contributed by atoms with Gasteiger partial charge in [-0.3, -0.25) is 4.79 Å². The molecule has 6 nitrogen and oxygen atoms in total. The molecule has 1 aromatic rings. The first-order valence-corrected chi connectivity index (χ1v) is 8.10. The van der Waals surface area contributed by atoms with Gasteiger partial charge in [0, 0.05) is 6.04 Å². The lowest BCUT2D eigenvalue weighted by molar-refractivity contribution is -0.136. The minimum absolute atomic E-state index is 0.552. The van der Waals surface area contributed by atoms with Crippen LogP contribution in [0.25, 0.3) is 0 Å². The highest BCUT2D eigenvalue weighted by atomic mass is 79.9. The molecule has 1 aromatic carbocycles. The van der Waals surface area contributed by atoms with E-state index < -0.39 is 27.3 Å². The first kappa shape index (κ1) is 16.9. The van der Waals surface area contributed by atoms with E-state index in [-0.39, 0.29) is 0 Å². The third-order valence-corrected chi connectivity index (χ3v) is 5.26. The van der Waals surface area contributed by atoms with Crippen molar-refractivity contribution >= 4 is 31.9 Å². The summed E-state index contributed by atoms with van der Waals surface area (Å²) in [5.74, 6) is -0.761. The molecule has 0 radical (unpaired) electrons. The zero-order valence-electron chi connectivity index (χ0n) is 11.3. The van der Waals surface area contributed by atoms with Crippen LogP contribution in [0, 0.1) is 0 Å². The number of sulfonamides is 1. The number of methoxy groups -OCH3 is 1. The van der Waals surface area contributed by atoms with Gasteiger partial charge in [0.15, 0.2) is 5.25 Å². The molecule has 0 heterocycles. The molecule has 0 fully saturated rings. The van der Waals surface area contributed by atoms with E-state index in [1.54, 1.807) is 25.1 Å². The maximum atomic E-state index is 11.8. The second kappa shape index (κ2) is 6.55. The molecule has 0 amide bonds. The number of halogens is 1. The Labute approximate surface area is 126 Å². The molecule has 2 unspecified atom stereocenters. The van der Waals surface area contributed by atoms with Crippen LogP contribution in [0.3, 0.4) is 0 Å². The van der Waals surface area contributed by atoms with Gasteiger partial charge in [-0.1, -0.05) is 6.07 Å². The lowest BCUT2D eigenvalue weighted by Crippen LogP contribution is -2.38. The maximum absolute atomic E-state index is 11.8. The summed E-state index contributed by atoms with van der Waals surface area (Å²) in [5, 5.41) is 7.26. The van der Waals surface area contributed by atoms with Gasteiger partial charge in [-0.05, 0) is 47.5 Å². The number of benzene rings is 1. The van der Waals surface area contributed by atoms with Gasteiger partial charge in [-0.25, -0.2) is 13.1 Å². The minimum atomic E-state index is -3.93. The standard InChI is InChI=1S/C12H16BrNO5S/c1-7(14-20(17,18)8(2)12(15)16)9-4-5-11(19-3)10(13)6-9/h4-8,14H,1-3H3,(H,15,16). The van der Waals surface area contributed by atoms with E-state index in [9.17, 15) is 13.2 Å². The molecule has 2 N–H and O–H groups in total. The summed E-state index contributed by atoms with van der Waals surface area (Å²) in [7, 11) is -2.40. The van der Waals surface area contributed by atoms with E-state index in [2.05, 4.69) is 20.7 Å². The van der Waals surface area contributed by atoms with Crippen molar-refractivity contribution in [1.29, 1.82) is 0 Å². The molecule has 0 aromatic heterocycles. The van der Waals surface area contributed by atoms with Gasteiger partial charge in [0.05, 0.1) is 11.6 Å². The molecule has 0 aliphatic rings. The SMILES string of the molecule is COc1ccc(C(C)NS(=O)(=O)C(C)C(=O)O)cc1Br. The van der Waals surface area contributed by atoms with Crippen LogP contribution in [0.15, 0.2) is 22.7 Å². The highest BCUT2D eigenvalue weighted by Crippen LogP contribution is 2.28. The van der Waals surface area contributed by atoms with E-state index in [0.717, 1.165) is 6.92 Å². The van der Waals surface area contributed by atoms with Crippen molar-refractivity contribution in [3.05, 3.63) is 28.2 Å². The molecule has 0 spiro atoms. The summed E-state index contributed by atoms with van der Waals surface area (Å²) >= 11 is 3.31. The molecule has 112 valence electrons. The van der Waals surface area contributed by atoms with Gasteiger partial charge >= 0.3 is 5.97 Å². The number of carboxylic acid groups (broad SMARTS) is 1. The molecular formula is C12H16BrNO5S. The average molecular weight is 366 g/mol. The van der Waals surface area contributed by atoms with Crippen LogP contribution in [0.5, 0.6) is 5.75 Å². The zero-order chi connectivity index (χ0) is 15.5. The highest BCUT2D eigenvalue weighted by Gasteiger charge is 2.29. The third kappa shape index (κ3) is 3.94. The number of ether oxygens (including phenoxy) is 1. The lowest BCUT2D eigenvalue weighted by Gasteiger charge is -2.17. The van der Waals surface area contributed by atoms with Crippen LogP contribution in [-0.2, 0) is 14.8 Å². The topological polar surface area (TPSA) is 92.7 Å². The quantitative estimate of drug-likeness (QED) is 0.802. The van der Waals surface area contributed by atoms with Crippen molar-refractivity contribution in [3.63, 3.8) is 0 Å². The number of aliphatic carboxylic acids is 1. The number of hydrogen-bond acceptors (Lipinski definition) is 4. The van der Waals surface area contributed by atoms with Crippen molar-refractivity contribution < 1.29 is 23.1 Å². The van der Waals surface area contributed by atoms with Crippen molar-refractivity contribution in [2.24, 2.45) is 0 Å². The fourth-order valence-electron chi connectivity index (χ4n) is 1.50. The van der Waals surface area contributed by atoms with Crippen LogP contribution in [0.1, 0.15) is 25.5 Å². The Kier molecular flexibility index (Phi) is 5.55. The Morgan fingerprint density at radius 2 is 2.00 bits per heavy atom. The number of hydrogen-bond donors (Lipinski definition) is 2. The molecule has 0 saturated carbocycles. The van der Waals surface area contributed by atoms with Crippen LogP contribution in [0.4, 0.5) is 0 Å². The Balaban J connectivity index is 2.94. The summed E-state index contributed by atoms with van der Waals surface area (Å²) in [5.41, 5.74) is 0.693. The smallest absolute Gasteiger partial charge is 0.323 e. The first-order valence-electron chi connectivity index (χ1n) is 5.76. The molecule has 1 rings (SSSR count). The maximum Gasteiger partial charge on any atom is 0.323 e. The monoisotopic (exact) mass is 365 g/mol. The van der Waals surface area contributed by atoms with Crippen molar-refractivity contribution in [3.8, 4) is 5.75 Å². The van der Waals surface area contributed by atoms with Crippen molar-refractivity contribution in [2.75, 3.05) is 7.11 Å². The molecule has 0 aliphatic carbocycles. The third-order valence-electron chi connectivity index (χ3n) is 2.83. The zero-order valence-corrected chi connectivity index (χ0v) is 13.7. The molecule has 0 aliphatic heterocycles. The van der Waals surface area contributed by atoms with E-state index in [1.807, 2.05) is 0 Å². The van der Waals surface area contributed by atoms with Crippen LogP contribution in [-0.4, -0.2) is 31.9 Å². The predicted molar refractivity (Wildman–Crippen MR) is 78.3 cm³/mol. The highest BCUT2D eigenvalue weighted by molar-refractivity contribution is 9.10. The van der Waals surface area contributed by atoms with Gasteiger partial charge < -0.3 is 9.84 Å². The molecular weight excluding hydrogens is 350 g/mol. The van der Waals surface area contributed by atoms with E-state index >= 15 is 0 Å². The van der Waals surface area contributed by atoms with Crippen molar-refractivity contribution in [1.82, 2.24) is 4.72 Å². The Bertz CT molecular complexity index is 602. The average Bonchev–Trinajstić information content (AvgIpc) is 2.36. The largest absolute Gasteiger partial charge is 0.496 e. The predicted octanol–water partition coefficient (Wildman–Crippen LogP) is 1.91. The molecule has 0 saturated heterocycles. The summed E-state index contributed by atoms with van der Waals surface area (Å²) in [4.78, 5) is 10.8. The fraction of sp³-hybridized carbons (Fsp3) is 0.417. The van der Waals surface area contributed by atoms with E-state index in [0.29, 0.717) is 15.8 Å². The Hall–Kier alpha value is -1.12. The summed E-state index contributed by atoms with van der Waals surface area (Å²) in [6.07, 6.45) is 0. The normalized spacial score (nSPS) is 14.6. The van der Waals surface area contributed by atoms with Crippen molar-refractivity contribution in [2.45, 2.75) is 25.1 Å². The van der Waals surface area contributed by atoms with Gasteiger partial charge in [-0.15, -0.1) is 0 Å².